The Morgan fingerprint density at radius 1 is 1.69 bits per heavy atom. The Kier molecular flexibility index (Phi) is 3.48. The van der Waals surface area contributed by atoms with Gasteiger partial charge < -0.3 is 9.84 Å². The molecule has 74 valence electrons. The summed E-state index contributed by atoms with van der Waals surface area (Å²) in [6, 6.07) is 0. The van der Waals surface area contributed by atoms with Gasteiger partial charge >= 0.3 is 5.97 Å². The van der Waals surface area contributed by atoms with Crippen molar-refractivity contribution >= 4 is 5.97 Å². The first kappa shape index (κ1) is 10.3. The van der Waals surface area contributed by atoms with Crippen molar-refractivity contribution in [2.24, 2.45) is 11.8 Å². The van der Waals surface area contributed by atoms with Crippen molar-refractivity contribution in [3.63, 3.8) is 0 Å². The van der Waals surface area contributed by atoms with E-state index in [1.165, 1.54) is 0 Å². The molecule has 3 atom stereocenters. The van der Waals surface area contributed by atoms with Crippen LogP contribution in [0.3, 0.4) is 0 Å². The molecule has 0 fully saturated rings. The van der Waals surface area contributed by atoms with E-state index in [2.05, 4.69) is 0 Å². The highest BCUT2D eigenvalue weighted by atomic mass is 16.5. The molecule has 13 heavy (non-hydrogen) atoms. The molecule has 0 saturated heterocycles. The van der Waals surface area contributed by atoms with Crippen molar-refractivity contribution in [3.8, 4) is 0 Å². The van der Waals surface area contributed by atoms with Gasteiger partial charge in [0.25, 0.3) is 0 Å². The van der Waals surface area contributed by atoms with Crippen LogP contribution < -0.4 is 0 Å². The number of ether oxygens (including phenoxy) is 1. The lowest BCUT2D eigenvalue weighted by atomic mass is 9.82. The SMILES string of the molecule is CCOC(=O)C1C(O)C=CCC1C. The smallest absolute Gasteiger partial charge is 0.312 e. The molecule has 0 aromatic carbocycles. The molecular weight excluding hydrogens is 168 g/mol. The topological polar surface area (TPSA) is 46.5 Å². The second-order valence-corrected chi connectivity index (χ2v) is 3.41. The summed E-state index contributed by atoms with van der Waals surface area (Å²) in [5.41, 5.74) is 0. The van der Waals surface area contributed by atoms with Gasteiger partial charge in [0.1, 0.15) is 0 Å². The highest BCUT2D eigenvalue weighted by molar-refractivity contribution is 5.74. The van der Waals surface area contributed by atoms with Gasteiger partial charge in [0, 0.05) is 0 Å². The van der Waals surface area contributed by atoms with E-state index in [0.29, 0.717) is 6.61 Å². The van der Waals surface area contributed by atoms with Crippen LogP contribution in [0, 0.1) is 11.8 Å². The summed E-state index contributed by atoms with van der Waals surface area (Å²) < 4.78 is 4.89. The monoisotopic (exact) mass is 184 g/mol. The largest absolute Gasteiger partial charge is 0.466 e. The molecule has 0 heterocycles. The molecule has 0 aliphatic heterocycles. The van der Waals surface area contributed by atoms with Crippen LogP contribution in [-0.2, 0) is 9.53 Å². The van der Waals surface area contributed by atoms with Gasteiger partial charge in [0.2, 0.25) is 0 Å². The summed E-state index contributed by atoms with van der Waals surface area (Å²) in [5, 5.41) is 9.55. The first-order valence-corrected chi connectivity index (χ1v) is 4.68. The third-order valence-corrected chi connectivity index (χ3v) is 2.38. The standard InChI is InChI=1S/C10H16O3/c1-3-13-10(12)9-7(2)5-4-6-8(9)11/h4,6-9,11H,3,5H2,1-2H3. The zero-order chi connectivity index (χ0) is 9.84. The lowest BCUT2D eigenvalue weighted by molar-refractivity contribution is -0.153. The molecule has 3 heteroatoms. The molecule has 1 N–H and O–H groups in total. The van der Waals surface area contributed by atoms with E-state index in [0.717, 1.165) is 6.42 Å². The van der Waals surface area contributed by atoms with Crippen LogP contribution in [0.5, 0.6) is 0 Å². The third kappa shape index (κ3) is 2.31. The predicted molar refractivity (Wildman–Crippen MR) is 49.1 cm³/mol. The highest BCUT2D eigenvalue weighted by Crippen LogP contribution is 2.26. The quantitative estimate of drug-likeness (QED) is 0.516. The first-order valence-electron chi connectivity index (χ1n) is 4.68. The molecule has 3 nitrogen and oxygen atoms in total. The molecule has 1 rings (SSSR count). The molecule has 0 saturated carbocycles. The van der Waals surface area contributed by atoms with Gasteiger partial charge in [-0.05, 0) is 19.3 Å². The van der Waals surface area contributed by atoms with E-state index in [-0.39, 0.29) is 17.8 Å². The molecule has 0 amide bonds. The van der Waals surface area contributed by atoms with Crippen molar-refractivity contribution in [1.29, 1.82) is 0 Å². The Morgan fingerprint density at radius 3 is 2.92 bits per heavy atom. The van der Waals surface area contributed by atoms with Gasteiger partial charge in [0.15, 0.2) is 0 Å². The Balaban J connectivity index is 2.65. The molecule has 1 aliphatic rings. The maximum absolute atomic E-state index is 11.4. The fourth-order valence-electron chi connectivity index (χ4n) is 1.65. The van der Waals surface area contributed by atoms with Gasteiger partial charge in [0.05, 0.1) is 18.6 Å². The normalized spacial score (nSPS) is 33.0. The van der Waals surface area contributed by atoms with Gasteiger partial charge in [-0.3, -0.25) is 4.79 Å². The minimum Gasteiger partial charge on any atom is -0.466 e. The van der Waals surface area contributed by atoms with E-state index in [4.69, 9.17) is 4.74 Å². The summed E-state index contributed by atoms with van der Waals surface area (Å²) in [5.74, 6) is -0.504. The zero-order valence-corrected chi connectivity index (χ0v) is 8.06. The number of hydrogen-bond donors (Lipinski definition) is 1. The van der Waals surface area contributed by atoms with Crippen molar-refractivity contribution in [2.75, 3.05) is 6.61 Å². The number of esters is 1. The average Bonchev–Trinajstić information content (AvgIpc) is 2.04. The van der Waals surface area contributed by atoms with Gasteiger partial charge in [-0.25, -0.2) is 0 Å². The summed E-state index contributed by atoms with van der Waals surface area (Å²) >= 11 is 0. The van der Waals surface area contributed by atoms with Gasteiger partial charge in [-0.2, -0.15) is 0 Å². The number of allylic oxidation sites excluding steroid dienone is 1. The van der Waals surface area contributed by atoms with Crippen molar-refractivity contribution in [3.05, 3.63) is 12.2 Å². The van der Waals surface area contributed by atoms with Crippen molar-refractivity contribution < 1.29 is 14.6 Å². The molecule has 0 aromatic rings. The Bertz CT molecular complexity index is 210. The summed E-state index contributed by atoms with van der Waals surface area (Å²) in [4.78, 5) is 11.4. The first-order chi connectivity index (χ1) is 6.16. The van der Waals surface area contributed by atoms with Gasteiger partial charge in [-0.1, -0.05) is 19.1 Å². The summed E-state index contributed by atoms with van der Waals surface area (Å²) in [6.07, 6.45) is 3.73. The van der Waals surface area contributed by atoms with E-state index >= 15 is 0 Å². The second kappa shape index (κ2) is 4.42. The molecule has 1 aliphatic carbocycles. The molecular formula is C10H16O3. The number of aliphatic hydroxyl groups excluding tert-OH is 1. The Morgan fingerprint density at radius 2 is 2.38 bits per heavy atom. The third-order valence-electron chi connectivity index (χ3n) is 2.38. The minimum absolute atomic E-state index is 0.166. The second-order valence-electron chi connectivity index (χ2n) is 3.41. The predicted octanol–water partition coefficient (Wildman–Crippen LogP) is 1.12. The van der Waals surface area contributed by atoms with Crippen molar-refractivity contribution in [1.82, 2.24) is 0 Å². The summed E-state index contributed by atoms with van der Waals surface area (Å²) in [7, 11) is 0. The van der Waals surface area contributed by atoms with Crippen LogP contribution in [0.4, 0.5) is 0 Å². The van der Waals surface area contributed by atoms with Crippen LogP contribution in [0.15, 0.2) is 12.2 Å². The number of hydrogen-bond acceptors (Lipinski definition) is 3. The molecule has 0 radical (unpaired) electrons. The van der Waals surface area contributed by atoms with Crippen LogP contribution in [0.2, 0.25) is 0 Å². The summed E-state index contributed by atoms with van der Waals surface area (Å²) in [6.45, 7) is 4.10. The van der Waals surface area contributed by atoms with E-state index in [1.807, 2.05) is 13.0 Å². The van der Waals surface area contributed by atoms with Crippen LogP contribution in [-0.4, -0.2) is 23.8 Å². The molecule has 3 unspecified atom stereocenters. The van der Waals surface area contributed by atoms with E-state index < -0.39 is 6.10 Å². The zero-order valence-electron chi connectivity index (χ0n) is 8.06. The fraction of sp³-hybridized carbons (Fsp3) is 0.700. The Hall–Kier alpha value is -0.830. The van der Waals surface area contributed by atoms with Crippen molar-refractivity contribution in [2.45, 2.75) is 26.4 Å². The van der Waals surface area contributed by atoms with Crippen LogP contribution >= 0.6 is 0 Å². The molecule has 0 bridgehead atoms. The fourth-order valence-corrected chi connectivity index (χ4v) is 1.65. The molecule has 0 aromatic heterocycles. The van der Waals surface area contributed by atoms with Crippen LogP contribution in [0.25, 0.3) is 0 Å². The number of carbonyl (C=O) groups is 1. The number of aliphatic hydroxyl groups is 1. The van der Waals surface area contributed by atoms with Gasteiger partial charge in [-0.15, -0.1) is 0 Å². The Labute approximate surface area is 78.4 Å². The maximum atomic E-state index is 11.4. The maximum Gasteiger partial charge on any atom is 0.312 e. The van der Waals surface area contributed by atoms with E-state index in [9.17, 15) is 9.90 Å². The molecule has 0 spiro atoms. The van der Waals surface area contributed by atoms with E-state index in [1.54, 1.807) is 13.0 Å². The average molecular weight is 184 g/mol. The number of carbonyl (C=O) groups excluding carboxylic acids is 1. The van der Waals surface area contributed by atoms with Crippen LogP contribution in [0.1, 0.15) is 20.3 Å². The lowest BCUT2D eigenvalue weighted by Gasteiger charge is -2.27. The lowest BCUT2D eigenvalue weighted by Crippen LogP contribution is -2.35. The number of rotatable bonds is 2. The highest BCUT2D eigenvalue weighted by Gasteiger charge is 2.33. The minimum atomic E-state index is -0.678.